The summed E-state index contributed by atoms with van der Waals surface area (Å²) in [5, 5.41) is 0. The van der Waals surface area contributed by atoms with E-state index in [2.05, 4.69) is 63.8 Å². The van der Waals surface area contributed by atoms with Crippen LogP contribution in [-0.2, 0) is 39.3 Å². The van der Waals surface area contributed by atoms with Gasteiger partial charge in [-0.15, -0.1) is 39.0 Å². The third kappa shape index (κ3) is 13.3. The Morgan fingerprint density at radius 2 is 0.564 bits per heavy atom. The SMILES string of the molecule is C#CCn1c(=O)n(CC#C)c(=O)n(CC#C)c1=O.C#Cn1c(=O)n(C#C)c(=O)n(C#C)c1=O.C=C1N(C)C(=O)N(C)C(=O)N1C.C=CCn1c(=O)n(CC=C)c(=O)n(CC=C)c1=O.C=Cn1c(=O)n(C=C)c(=O)n(C=C)c1=O. The second-order valence-electron chi connectivity index (χ2n) is 14.2. The highest BCUT2D eigenvalue weighted by Gasteiger charge is 2.33. The largest absolute Gasteiger partial charge is 0.360 e. The molecule has 0 aliphatic carbocycles. The molecule has 0 N–H and O–H groups in total. The maximum Gasteiger partial charge on any atom is 0.360 e. The smallest absolute Gasteiger partial charge is 0.283 e. The summed E-state index contributed by atoms with van der Waals surface area (Å²) in [6, 6.07) is 4.56. The minimum absolute atomic E-state index is 0.0478. The number of urea groups is 2. The quantitative estimate of drug-likeness (QED) is 0.0952. The zero-order valence-electron chi connectivity index (χ0n) is 42.0. The molecule has 0 spiro atoms. The molecule has 5 rings (SSSR count). The van der Waals surface area contributed by atoms with Crippen LogP contribution < -0.4 is 68.3 Å². The normalized spacial score (nSPS) is 10.9. The van der Waals surface area contributed by atoms with Crippen LogP contribution in [0.2, 0.25) is 0 Å². The van der Waals surface area contributed by atoms with Gasteiger partial charge in [0.15, 0.2) is 0 Å². The Balaban J connectivity index is 0.000000491. The molecule has 5 heterocycles. The average molecular weight is 1070 g/mol. The van der Waals surface area contributed by atoms with Crippen LogP contribution in [0.5, 0.6) is 0 Å². The van der Waals surface area contributed by atoms with Crippen molar-refractivity contribution in [2.75, 3.05) is 21.1 Å². The summed E-state index contributed by atoms with van der Waals surface area (Å²) >= 11 is 0. The van der Waals surface area contributed by atoms with Gasteiger partial charge in [-0.1, -0.05) is 81.6 Å². The van der Waals surface area contributed by atoms with Crippen LogP contribution in [0.4, 0.5) is 9.59 Å². The zero-order chi connectivity index (χ0) is 60.0. The Morgan fingerprint density at radius 1 is 0.346 bits per heavy atom. The molecule has 78 heavy (non-hydrogen) atoms. The first-order valence-electron chi connectivity index (χ1n) is 21.1. The number of amides is 4. The minimum atomic E-state index is -1.10. The predicted octanol–water partition coefficient (Wildman–Crippen LogP) is -4.73. The van der Waals surface area contributed by atoms with Crippen molar-refractivity contribution in [3.63, 3.8) is 0 Å². The van der Waals surface area contributed by atoms with Crippen molar-refractivity contribution >= 4 is 30.7 Å². The highest BCUT2D eigenvalue weighted by atomic mass is 16.2. The van der Waals surface area contributed by atoms with Gasteiger partial charge in [0.2, 0.25) is 0 Å². The highest BCUT2D eigenvalue weighted by Crippen LogP contribution is 2.15. The molecule has 1 aliphatic heterocycles. The molecule has 4 aromatic heterocycles. The van der Waals surface area contributed by atoms with Crippen molar-refractivity contribution in [3.8, 4) is 74.4 Å². The average Bonchev–Trinajstić information content (AvgIpc) is 3.41. The summed E-state index contributed by atoms with van der Waals surface area (Å²) < 4.78 is 8.01. The van der Waals surface area contributed by atoms with Crippen LogP contribution in [0, 0.1) is 74.4 Å². The maximum absolute atomic E-state index is 11.9. The van der Waals surface area contributed by atoms with Crippen molar-refractivity contribution < 1.29 is 9.59 Å². The van der Waals surface area contributed by atoms with E-state index in [0.29, 0.717) is 33.2 Å². The van der Waals surface area contributed by atoms with Gasteiger partial charge < -0.3 is 0 Å². The van der Waals surface area contributed by atoms with Crippen molar-refractivity contribution in [1.29, 1.82) is 0 Å². The number of hydrogen-bond donors (Lipinski definition) is 0. The monoisotopic (exact) mass is 1070 g/mol. The number of carbonyl (C=O) groups excluding carboxylic acids is 2. The second-order valence-corrected chi connectivity index (χ2v) is 14.2. The Bertz CT molecular complexity index is 3640. The molecular weight excluding hydrogens is 1020 g/mol. The fourth-order valence-electron chi connectivity index (χ4n) is 5.82. The summed E-state index contributed by atoms with van der Waals surface area (Å²) in [6.07, 6.45) is 37.2. The van der Waals surface area contributed by atoms with E-state index in [1.165, 1.54) is 35.1 Å². The van der Waals surface area contributed by atoms with Gasteiger partial charge in [0, 0.05) is 57.9 Å². The third-order valence-corrected chi connectivity index (χ3v) is 9.70. The van der Waals surface area contributed by atoms with E-state index in [-0.39, 0.29) is 51.3 Å². The molecule has 1 aliphatic rings. The van der Waals surface area contributed by atoms with Crippen LogP contribution in [0.1, 0.15) is 0 Å². The van der Waals surface area contributed by atoms with Crippen LogP contribution in [0.25, 0.3) is 18.6 Å². The maximum atomic E-state index is 11.9. The molecule has 0 atom stereocenters. The topological polar surface area (TPSA) is 308 Å². The molecule has 402 valence electrons. The molecule has 29 heteroatoms. The van der Waals surface area contributed by atoms with E-state index in [4.69, 9.17) is 38.5 Å². The van der Waals surface area contributed by atoms with Crippen LogP contribution in [-0.4, -0.2) is 103 Å². The summed E-state index contributed by atoms with van der Waals surface area (Å²) in [5.41, 5.74) is -10.2. The van der Waals surface area contributed by atoms with E-state index in [0.717, 1.165) is 50.9 Å². The summed E-state index contributed by atoms with van der Waals surface area (Å²) in [4.78, 5) is 166. The highest BCUT2D eigenvalue weighted by molar-refractivity contribution is 5.97. The van der Waals surface area contributed by atoms with Crippen LogP contribution >= 0.6 is 0 Å². The van der Waals surface area contributed by atoms with Gasteiger partial charge in [0.05, 0.1) is 39.3 Å². The molecule has 4 aromatic rings. The molecule has 0 bridgehead atoms. The third-order valence-electron chi connectivity index (χ3n) is 9.70. The first-order valence-corrected chi connectivity index (χ1v) is 21.1. The minimum Gasteiger partial charge on any atom is -0.283 e. The van der Waals surface area contributed by atoms with Crippen molar-refractivity contribution in [2.45, 2.75) is 39.3 Å². The van der Waals surface area contributed by atoms with Gasteiger partial charge in [-0.25, -0.2) is 113 Å². The summed E-state index contributed by atoms with van der Waals surface area (Å²) in [7, 11) is 4.58. The van der Waals surface area contributed by atoms with Crippen LogP contribution in [0.15, 0.2) is 128 Å². The second kappa shape index (κ2) is 28.8. The first kappa shape index (κ1) is 63.9. The van der Waals surface area contributed by atoms with E-state index >= 15 is 0 Å². The van der Waals surface area contributed by atoms with E-state index in [1.807, 2.05) is 0 Å². The lowest BCUT2D eigenvalue weighted by Gasteiger charge is -2.36. The Morgan fingerprint density at radius 3 is 0.744 bits per heavy atom. The Labute approximate surface area is 439 Å². The molecular formula is C49H47N15O14. The van der Waals surface area contributed by atoms with Crippen molar-refractivity contribution in [1.82, 2.24) is 69.5 Å². The lowest BCUT2D eigenvalue weighted by atomic mass is 10.5. The molecule has 1 fully saturated rings. The number of imide groups is 1. The molecule has 1 saturated heterocycles. The number of nitrogens with zero attached hydrogens (tertiary/aromatic N) is 15. The lowest BCUT2D eigenvalue weighted by Crippen LogP contribution is -2.55. The fraction of sp³-hybridized carbons (Fsp3) is 0.184. The Hall–Kier alpha value is -12.1. The number of allylic oxidation sites excluding steroid dienone is 3. The number of hydrogen-bond acceptors (Lipinski definition) is 14. The van der Waals surface area contributed by atoms with Gasteiger partial charge in [-0.3, -0.25) is 9.80 Å². The number of aromatic nitrogens is 12. The molecule has 0 unspecified atom stereocenters. The van der Waals surface area contributed by atoms with Crippen molar-refractivity contribution in [2.24, 2.45) is 0 Å². The summed E-state index contributed by atoms with van der Waals surface area (Å²) in [5.74, 6) is 6.86. The van der Waals surface area contributed by atoms with Gasteiger partial charge in [-0.05, 0) is 0 Å². The van der Waals surface area contributed by atoms with Gasteiger partial charge in [0.1, 0.15) is 5.82 Å². The number of rotatable bonds is 12. The zero-order valence-corrected chi connectivity index (χ0v) is 42.0. The van der Waals surface area contributed by atoms with E-state index < -0.39 is 68.3 Å². The Kier molecular flexibility index (Phi) is 23.6. The predicted molar refractivity (Wildman–Crippen MR) is 289 cm³/mol. The molecule has 29 nitrogen and oxygen atoms in total. The molecule has 0 radical (unpaired) electrons. The van der Waals surface area contributed by atoms with Gasteiger partial charge in [-0.2, -0.15) is 13.7 Å². The molecule has 4 amide bonds. The van der Waals surface area contributed by atoms with E-state index in [1.54, 1.807) is 32.2 Å². The standard InChI is InChI=1S/C12H15N3O3.C12H9N3O3.C9H9N3O3.C9H3N3O3.C7H11N3O2/c2*1-4-7-13-10(16)14(8-5-2)12(18)15(9-6-3)11(13)17;2*1-4-10-7(13)11(5-2)9(15)12(6-3)8(10)14;1-5-8(2)6(11)10(4)7(12)9(5)3/h4-6H,1-3,7-9H2;1-3H,7-9H2;4-6H,1-3H2;1-3H;1H2,2-4H3. The summed E-state index contributed by atoms with van der Waals surface area (Å²) in [6.45, 7) is 23.3. The van der Waals surface area contributed by atoms with Crippen molar-refractivity contribution in [3.05, 3.63) is 196 Å². The lowest BCUT2D eigenvalue weighted by molar-refractivity contribution is 0.134. The van der Waals surface area contributed by atoms with Crippen LogP contribution in [0.3, 0.4) is 0 Å². The fourth-order valence-corrected chi connectivity index (χ4v) is 5.82. The first-order chi connectivity index (χ1) is 36.8. The van der Waals surface area contributed by atoms with Gasteiger partial charge >= 0.3 is 80.3 Å². The number of carbonyl (C=O) groups is 2. The molecule has 0 saturated carbocycles. The molecule has 0 aromatic carbocycles. The number of terminal acetylenes is 6. The van der Waals surface area contributed by atoms with Gasteiger partial charge in [0.25, 0.3) is 0 Å². The van der Waals surface area contributed by atoms with E-state index in [9.17, 15) is 67.1 Å².